The molecule has 1 aliphatic rings. The highest BCUT2D eigenvalue weighted by molar-refractivity contribution is 6.40. The molecule has 0 aliphatic carbocycles. The number of rotatable bonds is 4. The maximum Gasteiger partial charge on any atom is 0.272 e. The maximum absolute atomic E-state index is 12.7. The summed E-state index contributed by atoms with van der Waals surface area (Å²) in [5.41, 5.74) is 1.05. The molecule has 1 amide bonds. The molecule has 1 atom stereocenters. The molecule has 2 heterocycles. The van der Waals surface area contributed by atoms with E-state index in [9.17, 15) is 4.79 Å². The van der Waals surface area contributed by atoms with Crippen LogP contribution in [0.1, 0.15) is 42.4 Å². The van der Waals surface area contributed by atoms with Gasteiger partial charge in [-0.3, -0.25) is 4.79 Å². The fraction of sp³-hybridized carbons (Fsp3) is 0.368. The van der Waals surface area contributed by atoms with Crippen molar-refractivity contribution in [2.24, 2.45) is 0 Å². The fourth-order valence-electron chi connectivity index (χ4n) is 3.04. The molecule has 3 rings (SSSR count). The largest absolute Gasteiger partial charge is 0.484 e. The minimum absolute atomic E-state index is 0.0402. The molecule has 4 nitrogen and oxygen atoms in total. The first kappa shape index (κ1) is 19.3. The van der Waals surface area contributed by atoms with Crippen LogP contribution in [0.5, 0.6) is 5.75 Å². The number of hydrogen-bond acceptors (Lipinski definition) is 3. The van der Waals surface area contributed by atoms with Gasteiger partial charge in [0.15, 0.2) is 5.75 Å². The number of likely N-dealkylation sites (tertiary alicyclic amines) is 1. The number of amides is 1. The lowest BCUT2D eigenvalue weighted by Gasteiger charge is -2.33. The smallest absolute Gasteiger partial charge is 0.272 e. The third-order valence-electron chi connectivity index (χ3n) is 4.42. The van der Waals surface area contributed by atoms with Crippen molar-refractivity contribution in [3.05, 3.63) is 56.8 Å². The summed E-state index contributed by atoms with van der Waals surface area (Å²) in [5, 5.41) is 1.10. The molecule has 1 unspecified atom stereocenters. The van der Waals surface area contributed by atoms with Gasteiger partial charge in [0.25, 0.3) is 5.91 Å². The Bertz CT molecular complexity index is 790. The standard InChI is InChI=1S/C19H19Cl3N2O2/c1-12-5-2-3-8-24(12)19(25)17-7-4-6-14(23-17)11-26-18-15(21)9-13(20)10-16(18)22/h4,6-7,9-10,12H,2-3,5,8,11H2,1H3. The molecule has 0 bridgehead atoms. The van der Waals surface area contributed by atoms with E-state index in [0.29, 0.717) is 32.2 Å². The molecule has 0 radical (unpaired) electrons. The topological polar surface area (TPSA) is 42.4 Å². The molecule has 0 saturated carbocycles. The first-order valence-corrected chi connectivity index (χ1v) is 9.63. The second-order valence-electron chi connectivity index (χ2n) is 6.34. The minimum Gasteiger partial charge on any atom is -0.484 e. The van der Waals surface area contributed by atoms with Crippen LogP contribution in [0.4, 0.5) is 0 Å². The van der Waals surface area contributed by atoms with Gasteiger partial charge in [0, 0.05) is 17.6 Å². The van der Waals surface area contributed by atoms with Crippen molar-refractivity contribution in [1.82, 2.24) is 9.88 Å². The van der Waals surface area contributed by atoms with Crippen LogP contribution in [-0.4, -0.2) is 28.4 Å². The summed E-state index contributed by atoms with van der Waals surface area (Å²) in [4.78, 5) is 19.1. The monoisotopic (exact) mass is 412 g/mol. The lowest BCUT2D eigenvalue weighted by atomic mass is 10.0. The Kier molecular flexibility index (Phi) is 6.28. The van der Waals surface area contributed by atoms with Crippen molar-refractivity contribution in [2.45, 2.75) is 38.8 Å². The average Bonchev–Trinajstić information content (AvgIpc) is 2.61. The summed E-state index contributed by atoms with van der Waals surface area (Å²) in [6.45, 7) is 3.00. The van der Waals surface area contributed by atoms with Crippen molar-refractivity contribution >= 4 is 40.7 Å². The van der Waals surface area contributed by atoms with Gasteiger partial charge in [-0.05, 0) is 50.5 Å². The average molecular weight is 414 g/mol. The number of carbonyl (C=O) groups is 1. The first-order chi connectivity index (χ1) is 12.5. The fourth-order valence-corrected chi connectivity index (χ4v) is 3.97. The van der Waals surface area contributed by atoms with Crippen LogP contribution in [0.25, 0.3) is 0 Å². The summed E-state index contributed by atoms with van der Waals surface area (Å²) in [5.74, 6) is 0.308. The second-order valence-corrected chi connectivity index (χ2v) is 7.60. The normalized spacial score (nSPS) is 17.2. The van der Waals surface area contributed by atoms with Crippen LogP contribution >= 0.6 is 34.8 Å². The van der Waals surface area contributed by atoms with Gasteiger partial charge in [0.05, 0.1) is 15.7 Å². The highest BCUT2D eigenvalue weighted by Gasteiger charge is 2.25. The number of piperidine rings is 1. The number of nitrogens with zero attached hydrogens (tertiary/aromatic N) is 2. The highest BCUT2D eigenvalue weighted by atomic mass is 35.5. The zero-order chi connectivity index (χ0) is 18.7. The van der Waals surface area contributed by atoms with Gasteiger partial charge in [0.2, 0.25) is 0 Å². The van der Waals surface area contributed by atoms with E-state index in [1.54, 1.807) is 30.3 Å². The van der Waals surface area contributed by atoms with Crippen LogP contribution in [0.2, 0.25) is 15.1 Å². The zero-order valence-corrected chi connectivity index (χ0v) is 16.6. The molecule has 1 aliphatic heterocycles. The van der Waals surface area contributed by atoms with E-state index in [-0.39, 0.29) is 18.6 Å². The number of halogens is 3. The summed E-state index contributed by atoms with van der Waals surface area (Å²) in [7, 11) is 0. The molecule has 7 heteroatoms. The second kappa shape index (κ2) is 8.47. The van der Waals surface area contributed by atoms with Crippen molar-refractivity contribution < 1.29 is 9.53 Å². The third-order valence-corrected chi connectivity index (χ3v) is 5.20. The summed E-state index contributed by atoms with van der Waals surface area (Å²) in [6.07, 6.45) is 3.23. The first-order valence-electron chi connectivity index (χ1n) is 8.50. The van der Waals surface area contributed by atoms with E-state index in [1.165, 1.54) is 0 Å². The number of ether oxygens (including phenoxy) is 1. The zero-order valence-electron chi connectivity index (χ0n) is 14.3. The van der Waals surface area contributed by atoms with E-state index >= 15 is 0 Å². The van der Waals surface area contributed by atoms with Crippen LogP contribution in [0.15, 0.2) is 30.3 Å². The third kappa shape index (κ3) is 4.43. The van der Waals surface area contributed by atoms with Crippen LogP contribution in [-0.2, 0) is 6.61 Å². The molecule has 1 fully saturated rings. The van der Waals surface area contributed by atoms with Gasteiger partial charge in [-0.2, -0.15) is 0 Å². The Morgan fingerprint density at radius 2 is 1.96 bits per heavy atom. The van der Waals surface area contributed by atoms with Gasteiger partial charge in [0.1, 0.15) is 12.3 Å². The number of carbonyl (C=O) groups excluding carboxylic acids is 1. The molecule has 1 aromatic heterocycles. The Hall–Kier alpha value is -1.49. The number of aromatic nitrogens is 1. The molecule has 26 heavy (non-hydrogen) atoms. The van der Waals surface area contributed by atoms with Crippen LogP contribution in [0, 0.1) is 0 Å². The van der Waals surface area contributed by atoms with Crippen molar-refractivity contribution in [1.29, 1.82) is 0 Å². The van der Waals surface area contributed by atoms with E-state index < -0.39 is 0 Å². The number of hydrogen-bond donors (Lipinski definition) is 0. The number of pyridine rings is 1. The highest BCUT2D eigenvalue weighted by Crippen LogP contribution is 2.36. The van der Waals surface area contributed by atoms with Crippen LogP contribution in [0.3, 0.4) is 0 Å². The summed E-state index contributed by atoms with van der Waals surface area (Å²) in [6, 6.07) is 8.71. The van der Waals surface area contributed by atoms with Crippen molar-refractivity contribution in [3.63, 3.8) is 0 Å². The molecule has 1 saturated heterocycles. The van der Waals surface area contributed by atoms with Crippen LogP contribution < -0.4 is 4.74 Å². The Morgan fingerprint density at radius 1 is 1.23 bits per heavy atom. The molecule has 1 aromatic carbocycles. The molecule has 2 aromatic rings. The predicted octanol–water partition coefficient (Wildman–Crippen LogP) is 5.64. The summed E-state index contributed by atoms with van der Waals surface area (Å²) >= 11 is 18.2. The number of benzene rings is 1. The van der Waals surface area contributed by atoms with Crippen molar-refractivity contribution in [3.8, 4) is 5.75 Å². The van der Waals surface area contributed by atoms with Gasteiger partial charge >= 0.3 is 0 Å². The molecule has 0 N–H and O–H groups in total. The molecular formula is C19H19Cl3N2O2. The predicted molar refractivity (Wildman–Crippen MR) is 104 cm³/mol. The van der Waals surface area contributed by atoms with Gasteiger partial charge in [-0.25, -0.2) is 4.98 Å². The van der Waals surface area contributed by atoms with Crippen molar-refractivity contribution in [2.75, 3.05) is 6.54 Å². The summed E-state index contributed by atoms with van der Waals surface area (Å²) < 4.78 is 5.70. The van der Waals surface area contributed by atoms with Gasteiger partial charge in [-0.15, -0.1) is 0 Å². The van der Waals surface area contributed by atoms with E-state index in [2.05, 4.69) is 11.9 Å². The quantitative estimate of drug-likeness (QED) is 0.652. The van der Waals surface area contributed by atoms with E-state index in [0.717, 1.165) is 25.8 Å². The minimum atomic E-state index is -0.0402. The van der Waals surface area contributed by atoms with E-state index in [4.69, 9.17) is 39.5 Å². The van der Waals surface area contributed by atoms with Gasteiger partial charge in [-0.1, -0.05) is 40.9 Å². The Balaban J connectivity index is 1.73. The molecule has 138 valence electrons. The maximum atomic E-state index is 12.7. The van der Waals surface area contributed by atoms with Gasteiger partial charge < -0.3 is 9.64 Å². The SMILES string of the molecule is CC1CCCCN1C(=O)c1cccc(COc2c(Cl)cc(Cl)cc2Cl)n1. The molecule has 0 spiro atoms. The Labute approximate surface area is 168 Å². The molecular weight excluding hydrogens is 395 g/mol. The van der Waals surface area contributed by atoms with E-state index in [1.807, 2.05) is 4.90 Å². The lowest BCUT2D eigenvalue weighted by molar-refractivity contribution is 0.0629. The Morgan fingerprint density at radius 3 is 2.65 bits per heavy atom. The lowest BCUT2D eigenvalue weighted by Crippen LogP contribution is -2.42.